The summed E-state index contributed by atoms with van der Waals surface area (Å²) >= 11 is 1.46. The van der Waals surface area contributed by atoms with Crippen molar-refractivity contribution in [1.29, 1.82) is 0 Å². The highest BCUT2D eigenvalue weighted by Crippen LogP contribution is 2.32. The minimum Gasteiger partial charge on any atom is -0.315 e. The van der Waals surface area contributed by atoms with Crippen LogP contribution in [0.5, 0.6) is 0 Å². The van der Waals surface area contributed by atoms with Gasteiger partial charge in [-0.05, 0) is 74.5 Å². The Morgan fingerprint density at radius 2 is 2.06 bits per heavy atom. The summed E-state index contributed by atoms with van der Waals surface area (Å²) in [6.07, 6.45) is 5.02. The number of amides is 1. The van der Waals surface area contributed by atoms with Crippen LogP contribution in [-0.2, 0) is 0 Å². The van der Waals surface area contributed by atoms with Crippen LogP contribution >= 0.6 is 11.3 Å². The number of aryl methyl sites for hydroxylation is 2. The van der Waals surface area contributed by atoms with Gasteiger partial charge in [-0.2, -0.15) is 0 Å². The number of rotatable bonds is 4. The molecule has 0 aliphatic carbocycles. The summed E-state index contributed by atoms with van der Waals surface area (Å²) < 4.78 is 14.1. The smallest absolute Gasteiger partial charge is 0.261 e. The zero-order chi connectivity index (χ0) is 22.9. The minimum absolute atomic E-state index is 0.0701. The maximum Gasteiger partial charge on any atom is 0.261 e. The van der Waals surface area contributed by atoms with Crippen LogP contribution < -0.4 is 10.2 Å². The molecule has 4 aromatic rings. The largest absolute Gasteiger partial charge is 0.315 e. The third-order valence-electron chi connectivity index (χ3n) is 5.84. The molecule has 7 nitrogen and oxygen atoms in total. The van der Waals surface area contributed by atoms with Crippen LogP contribution in [0.25, 0.3) is 21.5 Å². The normalized spacial score (nSPS) is 16.2. The maximum absolute atomic E-state index is 14.1. The lowest BCUT2D eigenvalue weighted by atomic mass is 10.0. The minimum atomic E-state index is -0.305. The van der Waals surface area contributed by atoms with Gasteiger partial charge < -0.3 is 5.32 Å². The Kier molecular flexibility index (Phi) is 5.82. The quantitative estimate of drug-likeness (QED) is 0.487. The van der Waals surface area contributed by atoms with Crippen LogP contribution in [0, 0.1) is 19.7 Å². The number of fused-ring (bicyclic) bond motifs is 1. The van der Waals surface area contributed by atoms with E-state index < -0.39 is 0 Å². The topological polar surface area (TPSA) is 83.9 Å². The van der Waals surface area contributed by atoms with E-state index in [4.69, 9.17) is 0 Å². The number of halogens is 1. The van der Waals surface area contributed by atoms with E-state index in [9.17, 15) is 9.18 Å². The van der Waals surface area contributed by atoms with E-state index in [-0.39, 0.29) is 17.8 Å². The molecule has 0 radical (unpaired) electrons. The Hall–Kier alpha value is -3.30. The van der Waals surface area contributed by atoms with Crippen molar-refractivity contribution in [2.75, 3.05) is 18.0 Å². The highest BCUT2D eigenvalue weighted by Gasteiger charge is 2.30. The van der Waals surface area contributed by atoms with Crippen molar-refractivity contribution in [2.45, 2.75) is 32.7 Å². The lowest BCUT2D eigenvalue weighted by molar-refractivity contribution is 0.0971. The zero-order valence-electron chi connectivity index (χ0n) is 18.4. The predicted octanol–water partition coefficient (Wildman–Crippen LogP) is 4.30. The summed E-state index contributed by atoms with van der Waals surface area (Å²) in [5.41, 5.74) is 1.89. The van der Waals surface area contributed by atoms with Crippen LogP contribution in [-0.4, -0.2) is 45.2 Å². The molecule has 1 amide bonds. The second-order valence-electron chi connectivity index (χ2n) is 8.19. The van der Waals surface area contributed by atoms with Gasteiger partial charge in [-0.3, -0.25) is 14.7 Å². The van der Waals surface area contributed by atoms with Gasteiger partial charge in [0.2, 0.25) is 0 Å². The van der Waals surface area contributed by atoms with E-state index in [1.165, 1.54) is 23.5 Å². The van der Waals surface area contributed by atoms with E-state index in [1.54, 1.807) is 35.5 Å². The number of hydrogen-bond donors (Lipinski definition) is 1. The molecule has 1 saturated heterocycles. The third-order valence-corrected chi connectivity index (χ3v) is 6.71. The van der Waals surface area contributed by atoms with Crippen molar-refractivity contribution in [3.63, 3.8) is 0 Å². The Morgan fingerprint density at radius 1 is 1.18 bits per heavy atom. The van der Waals surface area contributed by atoms with Crippen LogP contribution in [0.2, 0.25) is 0 Å². The number of carbonyl (C=O) groups excluding carboxylic acids is 1. The Bertz CT molecular complexity index is 1320. The second kappa shape index (κ2) is 8.92. The first kappa shape index (κ1) is 21.5. The SMILES string of the molecule is Cc1nnc(-c2ccc(C(=O)N(c3nccc4cc(F)cc(C)c34)[C@@H]3CCCNC3)cn2)s1. The molecule has 1 aliphatic rings. The molecule has 3 aromatic heterocycles. The van der Waals surface area contributed by atoms with E-state index >= 15 is 0 Å². The van der Waals surface area contributed by atoms with Gasteiger partial charge in [0, 0.05) is 24.3 Å². The standard InChI is InChI=1S/C24H23FN6OS/c1-14-10-18(25)11-16-7-9-27-22(21(14)16)31(19-4-3-8-26-13-19)24(32)17-5-6-20(28-12-17)23-30-29-15(2)33-23/h5-7,9-12,19,26H,3-4,8,13H2,1-2H3/t19-/m1/s1. The molecule has 5 rings (SSSR count). The first-order valence-electron chi connectivity index (χ1n) is 10.9. The van der Waals surface area contributed by atoms with Gasteiger partial charge in [-0.15, -0.1) is 10.2 Å². The molecule has 0 saturated carbocycles. The Morgan fingerprint density at radius 3 is 2.76 bits per heavy atom. The number of benzene rings is 1. The number of aromatic nitrogens is 4. The van der Waals surface area contributed by atoms with Crippen molar-refractivity contribution >= 4 is 33.8 Å². The van der Waals surface area contributed by atoms with Crippen molar-refractivity contribution in [2.24, 2.45) is 0 Å². The molecular weight excluding hydrogens is 439 g/mol. The summed E-state index contributed by atoms with van der Waals surface area (Å²) in [7, 11) is 0. The van der Waals surface area contributed by atoms with E-state index in [2.05, 4.69) is 25.5 Å². The van der Waals surface area contributed by atoms with Gasteiger partial charge in [0.25, 0.3) is 5.91 Å². The number of nitrogens with one attached hydrogen (secondary N) is 1. The van der Waals surface area contributed by atoms with Gasteiger partial charge in [0.1, 0.15) is 22.3 Å². The molecule has 1 N–H and O–H groups in total. The number of carbonyl (C=O) groups is 1. The van der Waals surface area contributed by atoms with Gasteiger partial charge in [-0.25, -0.2) is 9.37 Å². The summed E-state index contributed by atoms with van der Waals surface area (Å²) in [5.74, 6) is 0.0634. The average Bonchev–Trinajstić information content (AvgIpc) is 3.26. The van der Waals surface area contributed by atoms with Gasteiger partial charge >= 0.3 is 0 Å². The zero-order valence-corrected chi connectivity index (χ0v) is 19.2. The lowest BCUT2D eigenvalue weighted by Gasteiger charge is -2.34. The molecule has 1 aliphatic heterocycles. The van der Waals surface area contributed by atoms with Gasteiger partial charge in [0.15, 0.2) is 5.01 Å². The maximum atomic E-state index is 14.1. The molecule has 1 aromatic carbocycles. The summed E-state index contributed by atoms with van der Waals surface area (Å²) in [4.78, 5) is 24.7. The third kappa shape index (κ3) is 4.21. The van der Waals surface area contributed by atoms with Crippen LogP contribution in [0.3, 0.4) is 0 Å². The monoisotopic (exact) mass is 462 g/mol. The van der Waals surface area contributed by atoms with E-state index in [0.717, 1.165) is 40.7 Å². The first-order valence-corrected chi connectivity index (χ1v) is 11.7. The lowest BCUT2D eigenvalue weighted by Crippen LogP contribution is -2.49. The van der Waals surface area contributed by atoms with Crippen molar-refractivity contribution in [1.82, 2.24) is 25.5 Å². The number of anilines is 1. The van der Waals surface area contributed by atoms with Crippen LogP contribution in [0.4, 0.5) is 10.2 Å². The fraction of sp³-hybridized carbons (Fsp3) is 0.292. The second-order valence-corrected chi connectivity index (χ2v) is 9.37. The Balaban J connectivity index is 1.58. The average molecular weight is 463 g/mol. The fourth-order valence-corrected chi connectivity index (χ4v) is 4.98. The number of nitrogens with zero attached hydrogens (tertiary/aromatic N) is 5. The van der Waals surface area contributed by atoms with Crippen molar-refractivity contribution in [3.8, 4) is 10.7 Å². The van der Waals surface area contributed by atoms with Crippen molar-refractivity contribution < 1.29 is 9.18 Å². The molecule has 1 atom stereocenters. The molecular formula is C24H23FN6OS. The summed E-state index contributed by atoms with van der Waals surface area (Å²) in [5, 5.41) is 14.6. The van der Waals surface area contributed by atoms with Gasteiger partial charge in [-0.1, -0.05) is 11.3 Å². The fourth-order valence-electron chi connectivity index (χ4n) is 4.32. The molecule has 1 fully saturated rings. The van der Waals surface area contributed by atoms with Crippen LogP contribution in [0.1, 0.15) is 33.8 Å². The Labute approximate surface area is 194 Å². The molecule has 168 valence electrons. The molecule has 4 heterocycles. The van der Waals surface area contributed by atoms with Crippen LogP contribution in [0.15, 0.2) is 42.7 Å². The van der Waals surface area contributed by atoms with E-state index in [0.29, 0.717) is 28.6 Å². The summed E-state index contributed by atoms with van der Waals surface area (Å²) in [6.45, 7) is 5.32. The number of hydrogen-bond acceptors (Lipinski definition) is 7. The molecule has 0 unspecified atom stereocenters. The first-order chi connectivity index (χ1) is 16.0. The van der Waals surface area contributed by atoms with E-state index in [1.807, 2.05) is 13.8 Å². The van der Waals surface area contributed by atoms with Gasteiger partial charge in [0.05, 0.1) is 11.6 Å². The molecule has 0 spiro atoms. The molecule has 33 heavy (non-hydrogen) atoms. The molecule has 0 bridgehead atoms. The molecule has 9 heteroatoms. The number of piperidine rings is 1. The predicted molar refractivity (Wildman–Crippen MR) is 127 cm³/mol. The highest BCUT2D eigenvalue weighted by atomic mass is 32.1. The number of pyridine rings is 2. The highest BCUT2D eigenvalue weighted by molar-refractivity contribution is 7.14. The summed E-state index contributed by atoms with van der Waals surface area (Å²) in [6, 6.07) is 8.23. The van der Waals surface area contributed by atoms with Crippen molar-refractivity contribution in [3.05, 3.63) is 64.7 Å².